The summed E-state index contributed by atoms with van der Waals surface area (Å²) < 4.78 is 32.9. The molecule has 0 N–H and O–H groups in total. The van der Waals surface area contributed by atoms with Crippen LogP contribution >= 0.6 is 0 Å². The molecule has 0 fully saturated rings. The fourth-order valence-electron chi connectivity index (χ4n) is 4.01. The zero-order chi connectivity index (χ0) is 30.6. The fraction of sp³-hybridized carbons (Fsp3) is 0. The van der Waals surface area contributed by atoms with Gasteiger partial charge >= 0.3 is 0 Å². The molecule has 0 saturated heterocycles. The zero-order valence-corrected chi connectivity index (χ0v) is 21.0. The molecule has 12 nitrogen and oxygen atoms in total. The lowest BCUT2D eigenvalue weighted by atomic mass is 9.88. The smallest absolute Gasteiger partial charge is 0.258 e. The molecule has 0 aliphatic carbocycles. The third-order valence-electron chi connectivity index (χ3n) is 6.09. The minimum Gasteiger partial charge on any atom is -0.258 e. The first-order valence-corrected chi connectivity index (χ1v) is 11.8. The molecule has 0 unspecified atom stereocenters. The number of nitro benzene ring substituents is 4. The van der Waals surface area contributed by atoms with Gasteiger partial charge in [-0.25, -0.2) is 8.78 Å². The van der Waals surface area contributed by atoms with Crippen LogP contribution in [0.4, 0.5) is 31.5 Å². The number of rotatable bonds is 9. The predicted molar refractivity (Wildman–Crippen MR) is 148 cm³/mol. The van der Waals surface area contributed by atoms with Crippen molar-refractivity contribution < 1.29 is 28.5 Å². The number of allylic oxidation sites excluding steroid dienone is 2. The van der Waals surface area contributed by atoms with E-state index in [1.54, 1.807) is 0 Å². The monoisotopic (exact) mass is 574 g/mol. The Labute approximate surface area is 234 Å². The Balaban J connectivity index is 2.07. The summed E-state index contributed by atoms with van der Waals surface area (Å²) in [7, 11) is 0. The molecule has 0 atom stereocenters. The molecule has 0 aromatic heterocycles. The quantitative estimate of drug-likeness (QED) is 0.0846. The highest BCUT2D eigenvalue weighted by molar-refractivity contribution is 6.19. The SMILES string of the molecule is O=[N+]([O-])c1ccc(/C(F)=C(/C(=C(\F)c2ccc([N+](=O)[O-])cc2)c2ccc([N+](=O)[O-])cc2)c2ccc([N+](=O)[O-])cc2)cc1. The van der Waals surface area contributed by atoms with E-state index < -0.39 is 42.5 Å². The van der Waals surface area contributed by atoms with Crippen LogP contribution in [0, 0.1) is 40.5 Å². The van der Waals surface area contributed by atoms with Crippen LogP contribution in [0.5, 0.6) is 0 Å². The second kappa shape index (κ2) is 11.9. The van der Waals surface area contributed by atoms with Gasteiger partial charge in [-0.1, -0.05) is 0 Å². The van der Waals surface area contributed by atoms with E-state index in [0.29, 0.717) is 0 Å². The lowest BCUT2D eigenvalue weighted by Crippen LogP contribution is -1.99. The van der Waals surface area contributed by atoms with E-state index in [9.17, 15) is 40.5 Å². The lowest BCUT2D eigenvalue weighted by Gasteiger charge is -2.17. The maximum absolute atomic E-state index is 16.4. The van der Waals surface area contributed by atoms with Crippen molar-refractivity contribution in [2.45, 2.75) is 0 Å². The topological polar surface area (TPSA) is 173 Å². The van der Waals surface area contributed by atoms with E-state index >= 15 is 8.78 Å². The second-order valence-corrected chi connectivity index (χ2v) is 8.59. The van der Waals surface area contributed by atoms with Crippen molar-refractivity contribution in [3.63, 3.8) is 0 Å². The summed E-state index contributed by atoms with van der Waals surface area (Å²) >= 11 is 0. The number of benzene rings is 4. The number of hydrogen-bond acceptors (Lipinski definition) is 8. The molecular formula is C28H16F2N4O8. The first-order chi connectivity index (χ1) is 20.0. The Hall–Kier alpha value is -6.18. The van der Waals surface area contributed by atoms with Gasteiger partial charge in [-0.3, -0.25) is 40.5 Å². The molecule has 0 spiro atoms. The van der Waals surface area contributed by atoms with E-state index in [1.165, 1.54) is 24.3 Å². The molecule has 0 aliphatic rings. The van der Waals surface area contributed by atoms with E-state index in [0.717, 1.165) is 72.8 Å². The van der Waals surface area contributed by atoms with Crippen molar-refractivity contribution in [2.75, 3.05) is 0 Å². The van der Waals surface area contributed by atoms with Crippen LogP contribution in [0.1, 0.15) is 22.3 Å². The average Bonchev–Trinajstić information content (AvgIpc) is 2.99. The number of nitrogens with zero attached hydrogens (tertiary/aromatic N) is 4. The third kappa shape index (κ3) is 6.02. The van der Waals surface area contributed by atoms with Crippen molar-refractivity contribution in [3.8, 4) is 0 Å². The second-order valence-electron chi connectivity index (χ2n) is 8.59. The molecule has 4 rings (SSSR count). The maximum atomic E-state index is 16.4. The minimum atomic E-state index is -1.08. The van der Waals surface area contributed by atoms with Crippen LogP contribution in [0.15, 0.2) is 97.1 Å². The van der Waals surface area contributed by atoms with E-state index in [-0.39, 0.29) is 45.0 Å². The number of hydrogen-bond donors (Lipinski definition) is 0. The number of nitro groups is 4. The normalized spacial score (nSPS) is 12.1. The van der Waals surface area contributed by atoms with Gasteiger partial charge in [0.05, 0.1) is 19.7 Å². The predicted octanol–water partition coefficient (Wildman–Crippen LogP) is 7.70. The summed E-state index contributed by atoms with van der Waals surface area (Å²) in [6.45, 7) is 0. The molecule has 0 saturated carbocycles. The molecule has 0 heterocycles. The number of halogens is 2. The Morgan fingerprint density at radius 1 is 0.381 bits per heavy atom. The number of non-ortho nitro benzene ring substituents is 4. The standard InChI is InChI=1S/C28H16F2N4O8/c29-27(19-5-13-23(14-6-19)33(39)40)25(17-1-9-21(10-2-17)31(35)36)26(18-3-11-22(12-4-18)32(37)38)28(30)20-7-15-24(16-8-20)34(41)42/h1-16H/b27-25-,28-26-. The third-order valence-corrected chi connectivity index (χ3v) is 6.09. The summed E-state index contributed by atoms with van der Waals surface area (Å²) in [6.07, 6.45) is 0. The van der Waals surface area contributed by atoms with Crippen molar-refractivity contribution >= 4 is 45.5 Å². The zero-order valence-electron chi connectivity index (χ0n) is 21.0. The van der Waals surface area contributed by atoms with Crippen molar-refractivity contribution in [3.05, 3.63) is 160 Å². The van der Waals surface area contributed by atoms with Crippen LogP contribution in [0.2, 0.25) is 0 Å². The average molecular weight is 574 g/mol. The molecule has 4 aromatic carbocycles. The molecular weight excluding hydrogens is 558 g/mol. The van der Waals surface area contributed by atoms with Crippen molar-refractivity contribution in [1.29, 1.82) is 0 Å². The van der Waals surface area contributed by atoms with Crippen molar-refractivity contribution in [2.24, 2.45) is 0 Å². The highest BCUT2D eigenvalue weighted by atomic mass is 19.1. The maximum Gasteiger partial charge on any atom is 0.269 e. The summed E-state index contributed by atoms with van der Waals surface area (Å²) in [5, 5.41) is 44.7. The Morgan fingerprint density at radius 3 is 0.762 bits per heavy atom. The molecule has 42 heavy (non-hydrogen) atoms. The van der Waals surface area contributed by atoms with Gasteiger partial charge in [0.2, 0.25) is 0 Å². The van der Waals surface area contributed by atoms with Crippen LogP contribution in [-0.2, 0) is 0 Å². The molecule has 0 aliphatic heterocycles. The molecule has 0 radical (unpaired) electrons. The lowest BCUT2D eigenvalue weighted by molar-refractivity contribution is -0.385. The van der Waals surface area contributed by atoms with Gasteiger partial charge in [-0.15, -0.1) is 0 Å². The van der Waals surface area contributed by atoms with E-state index in [2.05, 4.69) is 0 Å². The van der Waals surface area contributed by atoms with Crippen LogP contribution < -0.4 is 0 Å². The minimum absolute atomic E-state index is 0.0399. The summed E-state index contributed by atoms with van der Waals surface area (Å²) in [5.74, 6) is -2.16. The van der Waals surface area contributed by atoms with Crippen LogP contribution in [-0.4, -0.2) is 19.7 Å². The fourth-order valence-corrected chi connectivity index (χ4v) is 4.01. The van der Waals surface area contributed by atoms with Gasteiger partial charge < -0.3 is 0 Å². The van der Waals surface area contributed by atoms with Gasteiger partial charge in [-0.05, 0) is 59.7 Å². The molecule has 4 aromatic rings. The first kappa shape index (κ1) is 28.8. The van der Waals surface area contributed by atoms with E-state index in [4.69, 9.17) is 0 Å². The summed E-state index contributed by atoms with van der Waals surface area (Å²) in [4.78, 5) is 41.9. The Morgan fingerprint density at radius 2 is 0.571 bits per heavy atom. The van der Waals surface area contributed by atoms with Gasteiger partial charge in [0.15, 0.2) is 0 Å². The Bertz CT molecular complexity index is 1640. The molecule has 210 valence electrons. The Kier molecular flexibility index (Phi) is 8.17. The van der Waals surface area contributed by atoms with Crippen LogP contribution in [0.25, 0.3) is 22.8 Å². The van der Waals surface area contributed by atoms with Gasteiger partial charge in [0.25, 0.3) is 22.7 Å². The van der Waals surface area contributed by atoms with Gasteiger partial charge in [0.1, 0.15) is 11.7 Å². The first-order valence-electron chi connectivity index (χ1n) is 11.8. The summed E-state index contributed by atoms with van der Waals surface area (Å²) in [5.41, 5.74) is -2.74. The largest absolute Gasteiger partial charge is 0.269 e. The molecule has 0 bridgehead atoms. The molecule has 14 heteroatoms. The van der Waals surface area contributed by atoms with Gasteiger partial charge in [-0.2, -0.15) is 0 Å². The molecule has 0 amide bonds. The van der Waals surface area contributed by atoms with Crippen LogP contribution in [0.3, 0.4) is 0 Å². The highest BCUT2D eigenvalue weighted by Crippen LogP contribution is 2.44. The highest BCUT2D eigenvalue weighted by Gasteiger charge is 2.25. The van der Waals surface area contributed by atoms with Crippen molar-refractivity contribution in [1.82, 2.24) is 0 Å². The summed E-state index contributed by atoms with van der Waals surface area (Å²) in [6, 6.07) is 17.5. The van der Waals surface area contributed by atoms with E-state index in [1.807, 2.05) is 0 Å². The van der Waals surface area contributed by atoms with Gasteiger partial charge in [0, 0.05) is 70.8 Å².